The van der Waals surface area contributed by atoms with E-state index in [1.807, 2.05) is 34.7 Å². The smallest absolute Gasteiger partial charge is 0.244 e. The Kier molecular flexibility index (Phi) is 4.59. The maximum atomic E-state index is 13.3. The Balaban J connectivity index is 2.09. The van der Waals surface area contributed by atoms with Crippen LogP contribution in [0.1, 0.15) is 32.7 Å². The molecule has 2 aromatic rings. The standard InChI is InChI=1S/C16H23N3O3S2/c1-10-8-15(13(4)23-10)24(20,21)19-6-7-22-9-14(19)16-11(2)17-18(5)12(16)3/h8,14H,6-7,9H2,1-5H3. The van der Waals surface area contributed by atoms with Crippen molar-refractivity contribution in [1.29, 1.82) is 0 Å². The van der Waals surface area contributed by atoms with Gasteiger partial charge in [0.25, 0.3) is 0 Å². The van der Waals surface area contributed by atoms with Crippen molar-refractivity contribution < 1.29 is 13.2 Å². The molecule has 24 heavy (non-hydrogen) atoms. The molecule has 0 amide bonds. The highest BCUT2D eigenvalue weighted by Gasteiger charge is 2.38. The van der Waals surface area contributed by atoms with Gasteiger partial charge in [0.15, 0.2) is 0 Å². The summed E-state index contributed by atoms with van der Waals surface area (Å²) in [5.41, 5.74) is 2.77. The van der Waals surface area contributed by atoms with Gasteiger partial charge in [-0.15, -0.1) is 11.3 Å². The Bertz CT molecular complexity index is 868. The first-order valence-corrected chi connectivity index (χ1v) is 10.2. The number of morpholine rings is 1. The van der Waals surface area contributed by atoms with Gasteiger partial charge in [0.2, 0.25) is 10.0 Å². The van der Waals surface area contributed by atoms with Crippen molar-refractivity contribution >= 4 is 21.4 Å². The Morgan fingerprint density at radius 1 is 1.29 bits per heavy atom. The predicted octanol–water partition coefficient (Wildman–Crippen LogP) is 2.48. The molecule has 0 aromatic carbocycles. The second-order valence-corrected chi connectivity index (χ2v) is 9.51. The van der Waals surface area contributed by atoms with Crippen LogP contribution in [0.2, 0.25) is 0 Å². The monoisotopic (exact) mass is 369 g/mol. The van der Waals surface area contributed by atoms with Crippen LogP contribution in [0.15, 0.2) is 11.0 Å². The van der Waals surface area contributed by atoms with E-state index in [0.29, 0.717) is 24.7 Å². The molecule has 1 aliphatic rings. The number of aromatic nitrogens is 2. The molecule has 1 saturated heterocycles. The zero-order chi connectivity index (χ0) is 17.6. The molecule has 2 aromatic heterocycles. The van der Waals surface area contributed by atoms with Gasteiger partial charge in [0, 0.05) is 34.6 Å². The molecule has 3 heterocycles. The molecular weight excluding hydrogens is 346 g/mol. The number of thiophene rings is 1. The third-order valence-corrected chi connectivity index (χ3v) is 7.69. The van der Waals surface area contributed by atoms with Crippen LogP contribution in [0.25, 0.3) is 0 Å². The zero-order valence-electron chi connectivity index (χ0n) is 14.7. The van der Waals surface area contributed by atoms with Crippen molar-refractivity contribution in [1.82, 2.24) is 14.1 Å². The van der Waals surface area contributed by atoms with Crippen molar-refractivity contribution in [3.63, 3.8) is 0 Å². The lowest BCUT2D eigenvalue weighted by Gasteiger charge is -2.35. The topological polar surface area (TPSA) is 64.4 Å². The van der Waals surface area contributed by atoms with E-state index >= 15 is 0 Å². The number of rotatable bonds is 3. The first kappa shape index (κ1) is 17.6. The minimum Gasteiger partial charge on any atom is -0.378 e. The van der Waals surface area contributed by atoms with Crippen molar-refractivity contribution in [3.05, 3.63) is 32.8 Å². The fraction of sp³-hybridized carbons (Fsp3) is 0.562. The highest BCUT2D eigenvalue weighted by molar-refractivity contribution is 7.89. The number of sulfonamides is 1. The molecule has 0 N–H and O–H groups in total. The minimum atomic E-state index is -3.57. The van der Waals surface area contributed by atoms with E-state index in [4.69, 9.17) is 4.74 Å². The molecule has 0 spiro atoms. The Labute approximate surface area is 147 Å². The predicted molar refractivity (Wildman–Crippen MR) is 93.9 cm³/mol. The zero-order valence-corrected chi connectivity index (χ0v) is 16.3. The van der Waals surface area contributed by atoms with Crippen molar-refractivity contribution in [2.24, 2.45) is 7.05 Å². The van der Waals surface area contributed by atoms with Crippen LogP contribution in [0.3, 0.4) is 0 Å². The molecule has 8 heteroatoms. The van der Waals surface area contributed by atoms with E-state index in [9.17, 15) is 8.42 Å². The molecule has 0 bridgehead atoms. The van der Waals surface area contributed by atoms with Gasteiger partial charge in [-0.2, -0.15) is 9.40 Å². The number of ether oxygens (including phenoxy) is 1. The quantitative estimate of drug-likeness (QED) is 0.834. The number of aryl methyl sites for hydroxylation is 4. The van der Waals surface area contributed by atoms with Gasteiger partial charge in [0.05, 0.1) is 29.8 Å². The Morgan fingerprint density at radius 3 is 2.54 bits per heavy atom. The van der Waals surface area contributed by atoms with Crippen molar-refractivity contribution in [2.75, 3.05) is 19.8 Å². The summed E-state index contributed by atoms with van der Waals surface area (Å²) in [6.07, 6.45) is 0. The Hall–Kier alpha value is -1.22. The van der Waals surface area contributed by atoms with E-state index < -0.39 is 10.0 Å². The van der Waals surface area contributed by atoms with E-state index in [1.165, 1.54) is 11.3 Å². The second-order valence-electron chi connectivity index (χ2n) is 6.19. The van der Waals surface area contributed by atoms with Gasteiger partial charge in [0.1, 0.15) is 0 Å². The van der Waals surface area contributed by atoms with E-state index in [2.05, 4.69) is 5.10 Å². The average molecular weight is 370 g/mol. The normalized spacial score (nSPS) is 19.8. The number of hydrogen-bond donors (Lipinski definition) is 0. The fourth-order valence-electron chi connectivity index (χ4n) is 3.37. The highest BCUT2D eigenvalue weighted by Crippen LogP contribution is 2.36. The van der Waals surface area contributed by atoms with Crippen molar-refractivity contribution in [3.8, 4) is 0 Å². The molecule has 0 radical (unpaired) electrons. The lowest BCUT2D eigenvalue weighted by molar-refractivity contribution is 0.0316. The average Bonchev–Trinajstić information content (AvgIpc) is 2.98. The molecular formula is C16H23N3O3S2. The van der Waals surface area contributed by atoms with E-state index in [0.717, 1.165) is 26.7 Å². The highest BCUT2D eigenvalue weighted by atomic mass is 32.2. The summed E-state index contributed by atoms with van der Waals surface area (Å²) in [6, 6.07) is 1.43. The largest absolute Gasteiger partial charge is 0.378 e. The van der Waals surface area contributed by atoms with Gasteiger partial charge in [-0.25, -0.2) is 8.42 Å². The van der Waals surface area contributed by atoms with Crippen LogP contribution >= 0.6 is 11.3 Å². The van der Waals surface area contributed by atoms with Crippen LogP contribution < -0.4 is 0 Å². The molecule has 0 aliphatic carbocycles. The molecule has 132 valence electrons. The lowest BCUT2D eigenvalue weighted by atomic mass is 10.0. The summed E-state index contributed by atoms with van der Waals surface area (Å²) in [5.74, 6) is 0. The van der Waals surface area contributed by atoms with Crippen LogP contribution in [-0.2, 0) is 21.8 Å². The molecule has 0 saturated carbocycles. The first-order valence-electron chi connectivity index (χ1n) is 7.90. The number of hydrogen-bond acceptors (Lipinski definition) is 5. The molecule has 1 unspecified atom stereocenters. The summed E-state index contributed by atoms with van der Waals surface area (Å²) < 4.78 is 35.6. The third-order valence-electron chi connectivity index (χ3n) is 4.56. The Morgan fingerprint density at radius 2 is 2.00 bits per heavy atom. The molecule has 6 nitrogen and oxygen atoms in total. The first-order chi connectivity index (χ1) is 11.2. The van der Waals surface area contributed by atoms with Crippen LogP contribution in [-0.4, -0.2) is 42.3 Å². The maximum absolute atomic E-state index is 13.3. The van der Waals surface area contributed by atoms with Crippen LogP contribution in [0.4, 0.5) is 0 Å². The molecule has 1 fully saturated rings. The van der Waals surface area contributed by atoms with Gasteiger partial charge in [-0.05, 0) is 33.8 Å². The van der Waals surface area contributed by atoms with Gasteiger partial charge >= 0.3 is 0 Å². The SMILES string of the molecule is Cc1cc(S(=O)(=O)N2CCOCC2c2c(C)nn(C)c2C)c(C)s1. The lowest BCUT2D eigenvalue weighted by Crippen LogP contribution is -2.43. The molecule has 3 rings (SSSR count). The van der Waals surface area contributed by atoms with E-state index in [1.54, 1.807) is 15.1 Å². The van der Waals surface area contributed by atoms with E-state index in [-0.39, 0.29) is 6.04 Å². The van der Waals surface area contributed by atoms with Crippen LogP contribution in [0, 0.1) is 27.7 Å². The van der Waals surface area contributed by atoms with Crippen LogP contribution in [0.5, 0.6) is 0 Å². The van der Waals surface area contributed by atoms with Crippen molar-refractivity contribution in [2.45, 2.75) is 38.6 Å². The summed E-state index contributed by atoms with van der Waals surface area (Å²) in [5, 5.41) is 4.44. The van der Waals surface area contributed by atoms with Gasteiger partial charge in [-0.1, -0.05) is 0 Å². The molecule has 1 aliphatic heterocycles. The van der Waals surface area contributed by atoms with Gasteiger partial charge in [-0.3, -0.25) is 4.68 Å². The minimum absolute atomic E-state index is 0.336. The molecule has 1 atom stereocenters. The number of nitrogens with zero attached hydrogens (tertiary/aromatic N) is 3. The third kappa shape index (κ3) is 2.81. The fourth-order valence-corrected chi connectivity index (χ4v) is 6.46. The summed E-state index contributed by atoms with van der Waals surface area (Å²) in [7, 11) is -1.69. The summed E-state index contributed by atoms with van der Waals surface area (Å²) in [6.45, 7) is 8.81. The van der Waals surface area contributed by atoms with Gasteiger partial charge < -0.3 is 4.74 Å². The maximum Gasteiger partial charge on any atom is 0.244 e. The summed E-state index contributed by atoms with van der Waals surface area (Å²) in [4.78, 5) is 2.25. The second kappa shape index (κ2) is 6.25. The summed E-state index contributed by atoms with van der Waals surface area (Å²) >= 11 is 1.51.